The lowest BCUT2D eigenvalue weighted by Crippen LogP contribution is -2.34. The average molecular weight is 276 g/mol. The number of likely N-dealkylation sites (tertiary alicyclic amines) is 1. The highest BCUT2D eigenvalue weighted by molar-refractivity contribution is 7.80. The molecule has 1 aromatic carbocycles. The molecular formula is C16H24N2S. The molecule has 19 heavy (non-hydrogen) atoms. The van der Waals surface area contributed by atoms with Crippen LogP contribution in [-0.4, -0.2) is 29.5 Å². The van der Waals surface area contributed by atoms with Crippen molar-refractivity contribution < 1.29 is 0 Å². The number of nitrogens with two attached hydrogens (primary N) is 1. The molecule has 1 aromatic rings. The van der Waals surface area contributed by atoms with Gasteiger partial charge in [-0.1, -0.05) is 49.5 Å². The summed E-state index contributed by atoms with van der Waals surface area (Å²) >= 11 is 5.28. The molecular weight excluding hydrogens is 252 g/mol. The normalized spacial score (nSPS) is 22.7. The van der Waals surface area contributed by atoms with Gasteiger partial charge in [0.2, 0.25) is 0 Å². The monoisotopic (exact) mass is 276 g/mol. The van der Waals surface area contributed by atoms with Crippen LogP contribution in [0.15, 0.2) is 30.3 Å². The van der Waals surface area contributed by atoms with Gasteiger partial charge in [-0.2, -0.15) is 0 Å². The fourth-order valence-corrected chi connectivity index (χ4v) is 3.02. The molecule has 3 heteroatoms. The van der Waals surface area contributed by atoms with Gasteiger partial charge in [-0.15, -0.1) is 0 Å². The Labute approximate surface area is 122 Å². The van der Waals surface area contributed by atoms with Crippen molar-refractivity contribution in [3.05, 3.63) is 35.9 Å². The Hall–Kier alpha value is -0.930. The summed E-state index contributed by atoms with van der Waals surface area (Å²) in [6.07, 6.45) is 3.93. The molecule has 0 saturated carbocycles. The third-order valence-corrected chi connectivity index (χ3v) is 4.38. The second-order valence-electron chi connectivity index (χ2n) is 5.70. The summed E-state index contributed by atoms with van der Waals surface area (Å²) < 4.78 is 0. The van der Waals surface area contributed by atoms with Crippen molar-refractivity contribution in [1.82, 2.24) is 4.90 Å². The Morgan fingerprint density at radius 3 is 2.74 bits per heavy atom. The van der Waals surface area contributed by atoms with Gasteiger partial charge in [0, 0.05) is 12.5 Å². The summed E-state index contributed by atoms with van der Waals surface area (Å²) in [7, 11) is 0. The Morgan fingerprint density at radius 1 is 1.32 bits per heavy atom. The summed E-state index contributed by atoms with van der Waals surface area (Å²) in [5.74, 6) is 1.04. The van der Waals surface area contributed by atoms with E-state index in [1.807, 2.05) is 6.07 Å². The number of thiocarbonyl (C=S) groups is 1. The van der Waals surface area contributed by atoms with Crippen LogP contribution in [0, 0.1) is 5.92 Å². The van der Waals surface area contributed by atoms with Crippen LogP contribution >= 0.6 is 12.2 Å². The maximum Gasteiger partial charge on any atom is 0.0816 e. The average Bonchev–Trinajstić information content (AvgIpc) is 2.61. The molecule has 2 rings (SSSR count). The fraction of sp³-hybridized carbons (Fsp3) is 0.562. The molecule has 0 amide bonds. The van der Waals surface area contributed by atoms with Gasteiger partial charge >= 0.3 is 0 Å². The first-order valence-electron chi connectivity index (χ1n) is 7.23. The smallest absolute Gasteiger partial charge is 0.0816 e. The SMILES string of the molecule is CC1CCCN(CC(C(N)=S)c2ccccc2)CC1. The Bertz CT molecular complexity index is 404. The van der Waals surface area contributed by atoms with Crippen molar-refractivity contribution in [3.63, 3.8) is 0 Å². The van der Waals surface area contributed by atoms with Crippen LogP contribution in [0.3, 0.4) is 0 Å². The van der Waals surface area contributed by atoms with Gasteiger partial charge in [-0.05, 0) is 43.8 Å². The van der Waals surface area contributed by atoms with Crippen molar-refractivity contribution in [3.8, 4) is 0 Å². The highest BCUT2D eigenvalue weighted by Gasteiger charge is 2.20. The van der Waals surface area contributed by atoms with Gasteiger partial charge in [0.25, 0.3) is 0 Å². The van der Waals surface area contributed by atoms with Gasteiger partial charge in [0.15, 0.2) is 0 Å². The minimum atomic E-state index is 0.185. The van der Waals surface area contributed by atoms with E-state index in [9.17, 15) is 0 Å². The molecule has 104 valence electrons. The lowest BCUT2D eigenvalue weighted by Gasteiger charge is -2.26. The lowest BCUT2D eigenvalue weighted by atomic mass is 9.98. The number of benzene rings is 1. The molecule has 0 aromatic heterocycles. The number of hydrogen-bond donors (Lipinski definition) is 1. The van der Waals surface area contributed by atoms with Crippen LogP contribution in [0.2, 0.25) is 0 Å². The molecule has 0 spiro atoms. The Morgan fingerprint density at radius 2 is 2.05 bits per heavy atom. The molecule has 1 aliphatic rings. The van der Waals surface area contributed by atoms with Gasteiger partial charge in [0.05, 0.1) is 4.99 Å². The van der Waals surface area contributed by atoms with E-state index in [-0.39, 0.29) is 5.92 Å². The molecule has 1 aliphatic heterocycles. The van der Waals surface area contributed by atoms with Crippen LogP contribution in [0.5, 0.6) is 0 Å². The highest BCUT2D eigenvalue weighted by atomic mass is 32.1. The molecule has 2 unspecified atom stereocenters. The molecule has 0 radical (unpaired) electrons. The van der Waals surface area contributed by atoms with Crippen molar-refractivity contribution in [2.45, 2.75) is 32.1 Å². The zero-order chi connectivity index (χ0) is 13.7. The molecule has 2 N–H and O–H groups in total. The van der Waals surface area contributed by atoms with Gasteiger partial charge in [-0.3, -0.25) is 0 Å². The highest BCUT2D eigenvalue weighted by Crippen LogP contribution is 2.21. The number of hydrogen-bond acceptors (Lipinski definition) is 2. The first-order valence-corrected chi connectivity index (χ1v) is 7.64. The maximum atomic E-state index is 5.96. The second-order valence-corrected chi connectivity index (χ2v) is 6.17. The predicted molar refractivity (Wildman–Crippen MR) is 85.4 cm³/mol. The van der Waals surface area contributed by atoms with Gasteiger partial charge < -0.3 is 10.6 Å². The lowest BCUT2D eigenvalue weighted by molar-refractivity contribution is 0.279. The summed E-state index contributed by atoms with van der Waals surface area (Å²) in [5.41, 5.74) is 7.20. The van der Waals surface area contributed by atoms with Gasteiger partial charge in [0.1, 0.15) is 0 Å². The Kier molecular flexibility index (Phi) is 5.34. The summed E-state index contributed by atoms with van der Waals surface area (Å²) in [4.78, 5) is 3.14. The maximum absolute atomic E-state index is 5.96. The molecule has 0 aliphatic carbocycles. The predicted octanol–water partition coefficient (Wildman–Crippen LogP) is 3.18. The molecule has 2 nitrogen and oxygen atoms in total. The Balaban J connectivity index is 2.03. The standard InChI is InChI=1S/C16H24N2S/c1-13-6-5-10-18(11-9-13)12-15(16(17)19)14-7-3-2-4-8-14/h2-4,7-8,13,15H,5-6,9-12H2,1H3,(H2,17,19). The van der Waals surface area contributed by atoms with E-state index >= 15 is 0 Å². The van der Waals surface area contributed by atoms with Crippen molar-refractivity contribution in [1.29, 1.82) is 0 Å². The van der Waals surface area contributed by atoms with E-state index in [1.165, 1.54) is 37.9 Å². The molecule has 1 heterocycles. The fourth-order valence-electron chi connectivity index (χ4n) is 2.81. The second kappa shape index (κ2) is 7.01. The molecule has 1 fully saturated rings. The van der Waals surface area contributed by atoms with E-state index in [4.69, 9.17) is 18.0 Å². The summed E-state index contributed by atoms with van der Waals surface area (Å²) in [5, 5.41) is 0. The topological polar surface area (TPSA) is 29.3 Å². The first-order chi connectivity index (χ1) is 9.16. The van der Waals surface area contributed by atoms with E-state index in [0.717, 1.165) is 12.5 Å². The van der Waals surface area contributed by atoms with E-state index in [2.05, 4.69) is 36.1 Å². The van der Waals surface area contributed by atoms with E-state index < -0.39 is 0 Å². The largest absolute Gasteiger partial charge is 0.393 e. The minimum Gasteiger partial charge on any atom is -0.393 e. The third kappa shape index (κ3) is 4.29. The van der Waals surface area contributed by atoms with Gasteiger partial charge in [-0.25, -0.2) is 0 Å². The summed E-state index contributed by atoms with van der Waals surface area (Å²) in [6.45, 7) is 5.67. The minimum absolute atomic E-state index is 0.185. The molecule has 2 atom stereocenters. The van der Waals surface area contributed by atoms with Crippen LogP contribution in [0.25, 0.3) is 0 Å². The van der Waals surface area contributed by atoms with Crippen molar-refractivity contribution in [2.24, 2.45) is 11.7 Å². The quantitative estimate of drug-likeness (QED) is 0.857. The van der Waals surface area contributed by atoms with Crippen LogP contribution in [0.4, 0.5) is 0 Å². The van der Waals surface area contributed by atoms with Crippen molar-refractivity contribution in [2.75, 3.05) is 19.6 Å². The zero-order valence-corrected chi connectivity index (χ0v) is 12.5. The van der Waals surface area contributed by atoms with Crippen LogP contribution in [0.1, 0.15) is 37.7 Å². The van der Waals surface area contributed by atoms with Crippen molar-refractivity contribution >= 4 is 17.2 Å². The number of nitrogens with zero attached hydrogens (tertiary/aromatic N) is 1. The molecule has 1 saturated heterocycles. The third-order valence-electron chi connectivity index (χ3n) is 4.10. The van der Waals surface area contributed by atoms with E-state index in [1.54, 1.807) is 0 Å². The number of rotatable bonds is 4. The van der Waals surface area contributed by atoms with E-state index in [0.29, 0.717) is 4.99 Å². The van der Waals surface area contributed by atoms with Crippen LogP contribution in [-0.2, 0) is 0 Å². The molecule has 0 bridgehead atoms. The summed E-state index contributed by atoms with van der Waals surface area (Å²) in [6, 6.07) is 10.4. The zero-order valence-electron chi connectivity index (χ0n) is 11.7. The van der Waals surface area contributed by atoms with Crippen LogP contribution < -0.4 is 5.73 Å². The first kappa shape index (κ1) is 14.5.